The van der Waals surface area contributed by atoms with Gasteiger partial charge in [-0.25, -0.2) is 4.79 Å². The van der Waals surface area contributed by atoms with Crippen LogP contribution < -0.4 is 5.32 Å². The fraction of sp³-hybridized carbons (Fsp3) is 0.586. The lowest BCUT2D eigenvalue weighted by Crippen LogP contribution is -2.51. The molecule has 0 radical (unpaired) electrons. The van der Waals surface area contributed by atoms with Gasteiger partial charge in [-0.05, 0) is 74.9 Å². The number of ether oxygens (including phenoxy) is 1. The average Bonchev–Trinajstić information content (AvgIpc) is 3.47. The molecule has 210 valence electrons. The zero-order chi connectivity index (χ0) is 26.0. The molecule has 2 fully saturated rings. The van der Waals surface area contributed by atoms with Crippen LogP contribution in [0.5, 0.6) is 0 Å². The highest BCUT2D eigenvalue weighted by molar-refractivity contribution is 6.02. The van der Waals surface area contributed by atoms with Crippen molar-refractivity contribution in [1.29, 1.82) is 0 Å². The summed E-state index contributed by atoms with van der Waals surface area (Å²) in [5.41, 5.74) is 1.99. The molecule has 1 aromatic carbocycles. The van der Waals surface area contributed by atoms with E-state index in [-0.39, 0.29) is 24.3 Å². The van der Waals surface area contributed by atoms with Gasteiger partial charge in [0.15, 0.2) is 5.76 Å². The van der Waals surface area contributed by atoms with E-state index < -0.39 is 0 Å². The van der Waals surface area contributed by atoms with E-state index in [1.54, 1.807) is 12.1 Å². The van der Waals surface area contributed by atoms with Gasteiger partial charge in [-0.1, -0.05) is 25.5 Å². The third-order valence-electron chi connectivity index (χ3n) is 7.54. The molecule has 0 saturated carbocycles. The van der Waals surface area contributed by atoms with Crippen LogP contribution in [0.25, 0.3) is 0 Å². The van der Waals surface area contributed by atoms with Gasteiger partial charge in [-0.15, -0.1) is 12.4 Å². The van der Waals surface area contributed by atoms with Gasteiger partial charge in [0.2, 0.25) is 0 Å². The fourth-order valence-corrected chi connectivity index (χ4v) is 5.29. The summed E-state index contributed by atoms with van der Waals surface area (Å²) in [7, 11) is 0. The van der Waals surface area contributed by atoms with Crippen LogP contribution in [-0.2, 0) is 11.2 Å². The number of halogens is 1. The highest BCUT2D eigenvalue weighted by atomic mass is 35.5. The van der Waals surface area contributed by atoms with Crippen molar-refractivity contribution < 1.29 is 18.7 Å². The minimum Gasteiger partial charge on any atom is -0.459 e. The number of piperidine rings is 1. The molecule has 0 bridgehead atoms. The number of urea groups is 1. The first-order chi connectivity index (χ1) is 18.0. The lowest BCUT2D eigenvalue weighted by molar-refractivity contribution is 0.0386. The summed E-state index contributed by atoms with van der Waals surface area (Å²) in [6, 6.07) is 12.0. The average molecular weight is 547 g/mol. The number of carbonyl (C=O) groups is 2. The number of unbranched alkanes of at least 4 members (excludes halogenated alkanes) is 1. The first-order valence-electron chi connectivity index (χ1n) is 13.8. The van der Waals surface area contributed by atoms with E-state index in [2.05, 4.69) is 36.2 Å². The van der Waals surface area contributed by atoms with E-state index in [4.69, 9.17) is 9.15 Å². The van der Waals surface area contributed by atoms with Gasteiger partial charge in [0.05, 0.1) is 19.5 Å². The van der Waals surface area contributed by atoms with Crippen LogP contribution in [0, 0.1) is 5.92 Å². The van der Waals surface area contributed by atoms with Crippen molar-refractivity contribution >= 4 is 30.0 Å². The molecule has 0 spiro atoms. The molecule has 3 heterocycles. The highest BCUT2D eigenvalue weighted by Crippen LogP contribution is 2.23. The predicted octanol–water partition coefficient (Wildman–Crippen LogP) is 5.15. The Bertz CT molecular complexity index is 988. The van der Waals surface area contributed by atoms with Crippen LogP contribution in [0.2, 0.25) is 0 Å². The van der Waals surface area contributed by atoms with Gasteiger partial charge < -0.3 is 29.2 Å². The Morgan fingerprint density at radius 1 is 1.08 bits per heavy atom. The number of furan rings is 1. The third-order valence-corrected chi connectivity index (χ3v) is 7.54. The summed E-state index contributed by atoms with van der Waals surface area (Å²) in [5, 5.41) is 2.94. The zero-order valence-corrected chi connectivity index (χ0v) is 23.6. The molecule has 2 aromatic rings. The zero-order valence-electron chi connectivity index (χ0n) is 22.8. The number of nitrogens with zero attached hydrogens (tertiary/aromatic N) is 3. The molecule has 2 saturated heterocycles. The second-order valence-electron chi connectivity index (χ2n) is 10.3. The second-order valence-corrected chi connectivity index (χ2v) is 10.3. The molecule has 2 aliphatic heterocycles. The number of morpholine rings is 1. The summed E-state index contributed by atoms with van der Waals surface area (Å²) in [4.78, 5) is 31.8. The van der Waals surface area contributed by atoms with Crippen molar-refractivity contribution in [2.24, 2.45) is 5.92 Å². The van der Waals surface area contributed by atoms with Crippen LogP contribution in [0.4, 0.5) is 10.5 Å². The molecule has 9 heteroatoms. The first-order valence-corrected chi connectivity index (χ1v) is 13.8. The Kier molecular flexibility index (Phi) is 12.0. The maximum atomic E-state index is 12.9. The number of hydrogen-bond acceptors (Lipinski definition) is 5. The summed E-state index contributed by atoms with van der Waals surface area (Å²) in [6.45, 7) is 11.1. The molecule has 1 N–H and O–H groups in total. The number of anilines is 1. The topological polar surface area (TPSA) is 78.3 Å². The van der Waals surface area contributed by atoms with E-state index in [1.165, 1.54) is 24.7 Å². The van der Waals surface area contributed by atoms with Crippen LogP contribution in [0.1, 0.15) is 55.6 Å². The number of benzene rings is 1. The standard InChI is InChI=1S/C29H42N4O4.ClH/c1-3-4-12-33(22-24-10-13-31(14-11-24)29(35)32-15-18-36-19-16-32)23(2)20-25-7-5-8-26(21-25)30-28(34)27-9-6-17-37-27;/h5-9,17,21,23-24H,3-4,10-16,18-20,22H2,1-2H3,(H,30,34);1H. The molecule has 8 nitrogen and oxygen atoms in total. The quantitative estimate of drug-likeness (QED) is 0.446. The van der Waals surface area contributed by atoms with Gasteiger partial charge in [0.1, 0.15) is 0 Å². The highest BCUT2D eigenvalue weighted by Gasteiger charge is 2.29. The minimum absolute atomic E-state index is 0. The number of rotatable bonds is 10. The van der Waals surface area contributed by atoms with Crippen molar-refractivity contribution in [2.45, 2.75) is 52.0 Å². The van der Waals surface area contributed by atoms with Gasteiger partial charge in [-0.2, -0.15) is 0 Å². The second kappa shape index (κ2) is 15.1. The number of nitrogens with one attached hydrogen (secondary N) is 1. The first kappa shape index (κ1) is 30.0. The van der Waals surface area contributed by atoms with Gasteiger partial charge in [-0.3, -0.25) is 4.79 Å². The van der Waals surface area contributed by atoms with Crippen molar-refractivity contribution in [3.63, 3.8) is 0 Å². The third kappa shape index (κ3) is 8.48. The lowest BCUT2D eigenvalue weighted by Gasteiger charge is -2.39. The Labute approximate surface area is 233 Å². The normalized spacial score (nSPS) is 17.2. The molecule has 1 aromatic heterocycles. The molecule has 38 heavy (non-hydrogen) atoms. The largest absolute Gasteiger partial charge is 0.459 e. The lowest BCUT2D eigenvalue weighted by atomic mass is 9.94. The van der Waals surface area contributed by atoms with Crippen molar-refractivity contribution in [3.05, 3.63) is 54.0 Å². The van der Waals surface area contributed by atoms with E-state index in [1.807, 2.05) is 21.9 Å². The summed E-state index contributed by atoms with van der Waals surface area (Å²) < 4.78 is 10.6. The maximum Gasteiger partial charge on any atom is 0.320 e. The Morgan fingerprint density at radius 3 is 2.50 bits per heavy atom. The molecule has 1 atom stereocenters. The Morgan fingerprint density at radius 2 is 1.82 bits per heavy atom. The molecular formula is C29H43ClN4O4. The van der Waals surface area contributed by atoms with Crippen molar-refractivity contribution in [3.8, 4) is 0 Å². The van der Waals surface area contributed by atoms with Gasteiger partial charge >= 0.3 is 6.03 Å². The van der Waals surface area contributed by atoms with Gasteiger partial charge in [0.25, 0.3) is 5.91 Å². The maximum absolute atomic E-state index is 12.9. The molecule has 1 unspecified atom stereocenters. The SMILES string of the molecule is CCCCN(CC1CCN(C(=O)N2CCOCC2)CC1)C(C)Cc1cccc(NC(=O)c2ccco2)c1.Cl. The predicted molar refractivity (Wildman–Crippen MR) is 152 cm³/mol. The van der Waals surface area contributed by atoms with Crippen LogP contribution in [0.15, 0.2) is 47.1 Å². The number of carbonyl (C=O) groups excluding carboxylic acids is 2. The molecular weight excluding hydrogens is 504 g/mol. The van der Waals surface area contributed by atoms with E-state index in [9.17, 15) is 9.59 Å². The monoisotopic (exact) mass is 546 g/mol. The smallest absolute Gasteiger partial charge is 0.320 e. The minimum atomic E-state index is -0.238. The van der Waals surface area contributed by atoms with Crippen LogP contribution in [-0.4, -0.2) is 85.2 Å². The molecule has 4 rings (SSSR count). The summed E-state index contributed by atoms with van der Waals surface area (Å²) in [6.07, 6.45) is 6.88. The summed E-state index contributed by atoms with van der Waals surface area (Å²) in [5.74, 6) is 0.674. The number of amides is 3. The number of hydrogen-bond donors (Lipinski definition) is 1. The fourth-order valence-electron chi connectivity index (χ4n) is 5.29. The van der Waals surface area contributed by atoms with Crippen molar-refractivity contribution in [2.75, 3.05) is 57.8 Å². The molecule has 0 aliphatic carbocycles. The Balaban J connectivity index is 0.00000400. The van der Waals surface area contributed by atoms with Crippen LogP contribution >= 0.6 is 12.4 Å². The summed E-state index contributed by atoms with van der Waals surface area (Å²) >= 11 is 0. The van der Waals surface area contributed by atoms with E-state index >= 15 is 0 Å². The molecule has 2 aliphatic rings. The van der Waals surface area contributed by atoms with Crippen LogP contribution in [0.3, 0.4) is 0 Å². The van der Waals surface area contributed by atoms with Gasteiger partial charge in [0, 0.05) is 44.5 Å². The molecule has 3 amide bonds. The van der Waals surface area contributed by atoms with Crippen molar-refractivity contribution in [1.82, 2.24) is 14.7 Å². The van der Waals surface area contributed by atoms with E-state index in [0.29, 0.717) is 44.0 Å². The van der Waals surface area contributed by atoms with E-state index in [0.717, 1.165) is 51.1 Å². The Hall–Kier alpha value is -2.55. The number of likely N-dealkylation sites (tertiary alicyclic amines) is 1.